The molecule has 1 aromatic heterocycles. The van der Waals surface area contributed by atoms with E-state index in [1.165, 1.54) is 21.8 Å². The lowest BCUT2D eigenvalue weighted by molar-refractivity contribution is 0.0588. The Labute approximate surface area is 118 Å². The van der Waals surface area contributed by atoms with Crippen LogP contribution >= 0.6 is 11.3 Å². The van der Waals surface area contributed by atoms with Gasteiger partial charge in [0, 0.05) is 18.5 Å². The molecule has 1 aromatic rings. The number of rotatable bonds is 8. The first-order valence-electron chi connectivity index (χ1n) is 6.63. The summed E-state index contributed by atoms with van der Waals surface area (Å²) in [7, 11) is 1.55. The molecule has 0 fully saturated rings. The summed E-state index contributed by atoms with van der Waals surface area (Å²) in [6.07, 6.45) is 2.08. The summed E-state index contributed by atoms with van der Waals surface area (Å²) in [5, 5.41) is 12.3. The second kappa shape index (κ2) is 8.30. The molecule has 5 heteroatoms. The fraction of sp³-hybridized carbons (Fsp3) is 0.643. The number of hydrogen-bond donors (Lipinski definition) is 2. The Hall–Kier alpha value is -0.910. The summed E-state index contributed by atoms with van der Waals surface area (Å²) in [6.45, 7) is 4.95. The molecule has 0 aliphatic carbocycles. The van der Waals surface area contributed by atoms with Gasteiger partial charge in [-0.1, -0.05) is 13.3 Å². The maximum absolute atomic E-state index is 11.9. The largest absolute Gasteiger partial charge is 0.391 e. The van der Waals surface area contributed by atoms with E-state index in [2.05, 4.69) is 19.2 Å². The van der Waals surface area contributed by atoms with Crippen LogP contribution in [0, 0.1) is 6.92 Å². The maximum Gasteiger partial charge on any atom is 0.261 e. The molecular formula is C14H23NO3S. The van der Waals surface area contributed by atoms with Gasteiger partial charge in [-0.2, -0.15) is 0 Å². The summed E-state index contributed by atoms with van der Waals surface area (Å²) in [6, 6.07) is 1.98. The van der Waals surface area contributed by atoms with Gasteiger partial charge >= 0.3 is 0 Å². The van der Waals surface area contributed by atoms with Gasteiger partial charge in [0.15, 0.2) is 0 Å². The fourth-order valence-corrected chi connectivity index (χ4v) is 2.85. The van der Waals surface area contributed by atoms with Crippen molar-refractivity contribution in [3.05, 3.63) is 21.4 Å². The smallest absolute Gasteiger partial charge is 0.261 e. The number of carbonyl (C=O) groups is 1. The van der Waals surface area contributed by atoms with Crippen molar-refractivity contribution in [2.75, 3.05) is 20.3 Å². The molecule has 19 heavy (non-hydrogen) atoms. The first-order chi connectivity index (χ1) is 9.08. The quantitative estimate of drug-likeness (QED) is 0.769. The number of thiophene rings is 1. The molecule has 1 rings (SSSR count). The van der Waals surface area contributed by atoms with Crippen LogP contribution in [0.25, 0.3) is 0 Å². The summed E-state index contributed by atoms with van der Waals surface area (Å²) in [5.74, 6) is -0.0555. The Morgan fingerprint density at radius 1 is 1.58 bits per heavy atom. The molecule has 108 valence electrons. The number of amides is 1. The first kappa shape index (κ1) is 16.1. The van der Waals surface area contributed by atoms with E-state index in [9.17, 15) is 9.90 Å². The number of nitrogens with one attached hydrogen (secondary N) is 1. The van der Waals surface area contributed by atoms with Gasteiger partial charge in [-0.05, 0) is 31.4 Å². The second-order valence-corrected chi connectivity index (χ2v) is 5.85. The molecular weight excluding hydrogens is 262 g/mol. The van der Waals surface area contributed by atoms with Crippen molar-refractivity contribution >= 4 is 17.2 Å². The lowest BCUT2D eigenvalue weighted by Gasteiger charge is -2.09. The molecule has 1 unspecified atom stereocenters. The minimum Gasteiger partial charge on any atom is -0.391 e. The highest BCUT2D eigenvalue weighted by Gasteiger charge is 2.12. The van der Waals surface area contributed by atoms with Crippen LogP contribution in [0.5, 0.6) is 0 Å². The van der Waals surface area contributed by atoms with E-state index in [-0.39, 0.29) is 5.91 Å². The molecule has 2 N–H and O–H groups in total. The van der Waals surface area contributed by atoms with Gasteiger partial charge in [-0.15, -0.1) is 11.3 Å². The van der Waals surface area contributed by atoms with Crippen molar-refractivity contribution in [3.8, 4) is 0 Å². The average Bonchev–Trinajstić information content (AvgIpc) is 2.72. The van der Waals surface area contributed by atoms with Crippen LogP contribution in [0.4, 0.5) is 0 Å². The van der Waals surface area contributed by atoms with Gasteiger partial charge in [0.05, 0.1) is 17.6 Å². The van der Waals surface area contributed by atoms with Gasteiger partial charge in [-0.3, -0.25) is 4.79 Å². The Morgan fingerprint density at radius 2 is 2.32 bits per heavy atom. The number of aliphatic hydroxyl groups is 1. The molecule has 1 amide bonds. The van der Waals surface area contributed by atoms with Crippen LogP contribution in [0.3, 0.4) is 0 Å². The molecule has 0 aliphatic rings. The molecule has 0 aromatic carbocycles. The van der Waals surface area contributed by atoms with Crippen LogP contribution < -0.4 is 5.32 Å². The number of methoxy groups -OCH3 is 1. The maximum atomic E-state index is 11.9. The molecule has 0 saturated carbocycles. The van der Waals surface area contributed by atoms with Crippen LogP contribution in [0.1, 0.15) is 39.9 Å². The van der Waals surface area contributed by atoms with E-state index < -0.39 is 6.10 Å². The van der Waals surface area contributed by atoms with Crippen LogP contribution in [0.2, 0.25) is 0 Å². The SMILES string of the molecule is CCCc1cc(C(=O)NCCC(O)COC)sc1C. The minimum atomic E-state index is -0.522. The Bertz CT molecular complexity index is 403. The lowest BCUT2D eigenvalue weighted by Crippen LogP contribution is -2.27. The number of ether oxygens (including phenoxy) is 1. The van der Waals surface area contributed by atoms with E-state index in [1.807, 2.05) is 6.07 Å². The van der Waals surface area contributed by atoms with Crippen LogP contribution in [-0.4, -0.2) is 37.4 Å². The monoisotopic (exact) mass is 285 g/mol. The normalized spacial score (nSPS) is 12.4. The number of aryl methyl sites for hydroxylation is 2. The Kier molecular flexibility index (Phi) is 7.05. The zero-order valence-electron chi connectivity index (χ0n) is 11.9. The highest BCUT2D eigenvalue weighted by atomic mass is 32.1. The molecule has 4 nitrogen and oxygen atoms in total. The number of hydrogen-bond acceptors (Lipinski definition) is 4. The van der Waals surface area contributed by atoms with E-state index in [0.717, 1.165) is 17.7 Å². The number of carbonyl (C=O) groups excluding carboxylic acids is 1. The Balaban J connectivity index is 2.43. The zero-order chi connectivity index (χ0) is 14.3. The first-order valence-corrected chi connectivity index (χ1v) is 7.44. The van der Waals surface area contributed by atoms with Crippen molar-refractivity contribution in [1.82, 2.24) is 5.32 Å². The van der Waals surface area contributed by atoms with E-state index in [1.54, 1.807) is 7.11 Å². The van der Waals surface area contributed by atoms with Crippen molar-refractivity contribution < 1.29 is 14.6 Å². The molecule has 0 bridgehead atoms. The van der Waals surface area contributed by atoms with Gasteiger partial charge in [0.25, 0.3) is 5.91 Å². The molecule has 0 radical (unpaired) electrons. The molecule has 0 spiro atoms. The number of aliphatic hydroxyl groups excluding tert-OH is 1. The van der Waals surface area contributed by atoms with E-state index in [0.29, 0.717) is 19.6 Å². The van der Waals surface area contributed by atoms with Gasteiger partial charge in [0.2, 0.25) is 0 Å². The fourth-order valence-electron chi connectivity index (χ4n) is 1.86. The predicted octanol–water partition coefficient (Wildman–Crippen LogP) is 2.14. The highest BCUT2D eigenvalue weighted by Crippen LogP contribution is 2.22. The topological polar surface area (TPSA) is 58.6 Å². The highest BCUT2D eigenvalue weighted by molar-refractivity contribution is 7.14. The molecule has 0 aliphatic heterocycles. The minimum absolute atomic E-state index is 0.0555. The summed E-state index contributed by atoms with van der Waals surface area (Å²) in [5.41, 5.74) is 1.26. The third kappa shape index (κ3) is 5.30. The summed E-state index contributed by atoms with van der Waals surface area (Å²) < 4.78 is 4.83. The van der Waals surface area contributed by atoms with Crippen molar-refractivity contribution in [2.24, 2.45) is 0 Å². The van der Waals surface area contributed by atoms with Gasteiger partial charge < -0.3 is 15.2 Å². The van der Waals surface area contributed by atoms with Crippen LogP contribution in [-0.2, 0) is 11.2 Å². The standard InChI is InChI=1S/C14H23NO3S/c1-4-5-11-8-13(19-10(11)2)14(17)15-7-6-12(16)9-18-3/h8,12,16H,4-7,9H2,1-3H3,(H,15,17). The van der Waals surface area contributed by atoms with Crippen molar-refractivity contribution in [1.29, 1.82) is 0 Å². The van der Waals surface area contributed by atoms with E-state index in [4.69, 9.17) is 4.74 Å². The van der Waals surface area contributed by atoms with Crippen molar-refractivity contribution in [3.63, 3.8) is 0 Å². The summed E-state index contributed by atoms with van der Waals surface area (Å²) in [4.78, 5) is 13.9. The van der Waals surface area contributed by atoms with Crippen LogP contribution in [0.15, 0.2) is 6.07 Å². The van der Waals surface area contributed by atoms with E-state index >= 15 is 0 Å². The summed E-state index contributed by atoms with van der Waals surface area (Å²) >= 11 is 1.53. The zero-order valence-corrected chi connectivity index (χ0v) is 12.7. The third-order valence-electron chi connectivity index (χ3n) is 2.89. The lowest BCUT2D eigenvalue weighted by atomic mass is 10.1. The molecule has 0 saturated heterocycles. The van der Waals surface area contributed by atoms with Crippen molar-refractivity contribution in [2.45, 2.75) is 39.2 Å². The second-order valence-electron chi connectivity index (χ2n) is 4.60. The average molecular weight is 285 g/mol. The Morgan fingerprint density at radius 3 is 2.95 bits per heavy atom. The van der Waals surface area contributed by atoms with Gasteiger partial charge in [-0.25, -0.2) is 0 Å². The predicted molar refractivity (Wildman–Crippen MR) is 77.9 cm³/mol. The molecule has 1 atom stereocenters. The third-order valence-corrected chi connectivity index (χ3v) is 3.98. The molecule has 1 heterocycles. The van der Waals surface area contributed by atoms with Gasteiger partial charge in [0.1, 0.15) is 0 Å².